The van der Waals surface area contributed by atoms with Crippen LogP contribution in [0.1, 0.15) is 85.3 Å². The number of benzene rings is 4. The van der Waals surface area contributed by atoms with Crippen LogP contribution in [-0.2, 0) is 19.4 Å². The van der Waals surface area contributed by atoms with Crippen LogP contribution in [-0.4, -0.2) is 0 Å². The van der Waals surface area contributed by atoms with Gasteiger partial charge in [-0.15, -0.1) is 0 Å². The molecule has 0 aromatic heterocycles. The van der Waals surface area contributed by atoms with Crippen LogP contribution in [0.15, 0.2) is 91.0 Å². The highest BCUT2D eigenvalue weighted by Gasteiger charge is 2.26. The van der Waals surface area contributed by atoms with Gasteiger partial charge in [0.15, 0.2) is 0 Å². The molecule has 1 aliphatic rings. The fourth-order valence-corrected chi connectivity index (χ4v) is 5.94. The lowest BCUT2D eigenvalue weighted by molar-refractivity contribution is 0.675. The van der Waals surface area contributed by atoms with E-state index in [-0.39, 0.29) is 0 Å². The fourth-order valence-electron chi connectivity index (χ4n) is 5.94. The Labute approximate surface area is 217 Å². The maximum Gasteiger partial charge on any atom is 0.0413 e. The molecule has 184 valence electrons. The SMILES string of the molecule is CC(C)c1cccc(C(C)C)c1NCc1cccc(-c2cccc3c2C(Cc2ccccc2)CC3)c1. The van der Waals surface area contributed by atoms with E-state index in [9.17, 15) is 0 Å². The lowest BCUT2D eigenvalue weighted by Crippen LogP contribution is -2.08. The molecule has 1 unspecified atom stereocenters. The number of nitrogens with one attached hydrogen (secondary N) is 1. The number of hydrogen-bond acceptors (Lipinski definition) is 1. The Morgan fingerprint density at radius 2 is 1.39 bits per heavy atom. The third-order valence-corrected chi connectivity index (χ3v) is 7.77. The molecule has 0 fully saturated rings. The van der Waals surface area contributed by atoms with E-state index in [1.807, 2.05) is 0 Å². The van der Waals surface area contributed by atoms with Crippen LogP contribution in [0.4, 0.5) is 5.69 Å². The van der Waals surface area contributed by atoms with Gasteiger partial charge in [0.2, 0.25) is 0 Å². The molecule has 0 radical (unpaired) electrons. The van der Waals surface area contributed by atoms with Gasteiger partial charge < -0.3 is 5.32 Å². The largest absolute Gasteiger partial charge is 0.381 e. The molecular weight excluding hydrogens is 434 g/mol. The number of anilines is 1. The van der Waals surface area contributed by atoms with E-state index in [0.29, 0.717) is 17.8 Å². The minimum Gasteiger partial charge on any atom is -0.381 e. The summed E-state index contributed by atoms with van der Waals surface area (Å²) in [7, 11) is 0. The zero-order valence-electron chi connectivity index (χ0n) is 22.2. The average Bonchev–Trinajstić information content (AvgIpc) is 3.30. The van der Waals surface area contributed by atoms with Crippen molar-refractivity contribution in [2.24, 2.45) is 0 Å². The highest BCUT2D eigenvalue weighted by Crippen LogP contribution is 2.42. The first-order valence-corrected chi connectivity index (χ1v) is 13.6. The molecule has 0 aliphatic heterocycles. The van der Waals surface area contributed by atoms with Gasteiger partial charge in [-0.05, 0) is 87.6 Å². The molecule has 0 amide bonds. The van der Waals surface area contributed by atoms with Gasteiger partial charge in [-0.25, -0.2) is 0 Å². The summed E-state index contributed by atoms with van der Waals surface area (Å²) in [6.45, 7) is 9.97. The van der Waals surface area contributed by atoms with Crippen molar-refractivity contribution in [2.45, 2.75) is 71.3 Å². The standard InChI is InChI=1S/C35H39N/c1-24(2)31-16-10-17-32(25(3)4)35(31)36-23-27-13-8-15-29(22-27)33-18-9-14-28-19-20-30(34(28)33)21-26-11-6-5-7-12-26/h5-18,22,24-25,30,36H,19-21,23H2,1-4H3. The van der Waals surface area contributed by atoms with Gasteiger partial charge in [0.05, 0.1) is 0 Å². The predicted molar refractivity (Wildman–Crippen MR) is 155 cm³/mol. The van der Waals surface area contributed by atoms with E-state index in [1.54, 1.807) is 5.56 Å². The monoisotopic (exact) mass is 473 g/mol. The number of para-hydroxylation sites is 1. The highest BCUT2D eigenvalue weighted by atomic mass is 14.9. The van der Waals surface area contributed by atoms with Crippen molar-refractivity contribution >= 4 is 5.69 Å². The van der Waals surface area contributed by atoms with Gasteiger partial charge >= 0.3 is 0 Å². The van der Waals surface area contributed by atoms with Crippen LogP contribution in [0.5, 0.6) is 0 Å². The van der Waals surface area contributed by atoms with Crippen molar-refractivity contribution in [1.29, 1.82) is 0 Å². The average molecular weight is 474 g/mol. The van der Waals surface area contributed by atoms with Crippen LogP contribution in [0.2, 0.25) is 0 Å². The third kappa shape index (κ3) is 5.12. The predicted octanol–water partition coefficient (Wildman–Crippen LogP) is 9.48. The summed E-state index contributed by atoms with van der Waals surface area (Å²) in [6.07, 6.45) is 3.55. The fraction of sp³-hybridized carbons (Fsp3) is 0.314. The Kier molecular flexibility index (Phi) is 7.28. The summed E-state index contributed by atoms with van der Waals surface area (Å²) in [5.41, 5.74) is 12.7. The Balaban J connectivity index is 1.43. The molecule has 0 saturated heterocycles. The van der Waals surface area contributed by atoms with Crippen molar-refractivity contribution in [1.82, 2.24) is 0 Å². The van der Waals surface area contributed by atoms with Crippen molar-refractivity contribution < 1.29 is 0 Å². The van der Waals surface area contributed by atoms with Crippen molar-refractivity contribution in [3.8, 4) is 11.1 Å². The Morgan fingerprint density at radius 1 is 0.722 bits per heavy atom. The van der Waals surface area contributed by atoms with E-state index in [0.717, 1.165) is 13.0 Å². The zero-order chi connectivity index (χ0) is 25.1. The Morgan fingerprint density at radius 3 is 2.11 bits per heavy atom. The minimum atomic E-state index is 0.492. The van der Waals surface area contributed by atoms with Gasteiger partial charge in [0.1, 0.15) is 0 Å². The zero-order valence-corrected chi connectivity index (χ0v) is 22.2. The second kappa shape index (κ2) is 10.7. The quantitative estimate of drug-likeness (QED) is 0.269. The molecule has 1 N–H and O–H groups in total. The van der Waals surface area contributed by atoms with Crippen LogP contribution >= 0.6 is 0 Å². The molecule has 0 saturated carbocycles. The van der Waals surface area contributed by atoms with E-state index in [2.05, 4.69) is 124 Å². The second-order valence-corrected chi connectivity index (χ2v) is 11.0. The number of rotatable bonds is 8. The molecule has 4 aromatic carbocycles. The molecule has 36 heavy (non-hydrogen) atoms. The van der Waals surface area contributed by atoms with Crippen molar-refractivity contribution in [3.63, 3.8) is 0 Å². The van der Waals surface area contributed by atoms with Crippen molar-refractivity contribution in [3.05, 3.63) is 124 Å². The lowest BCUT2D eigenvalue weighted by atomic mass is 9.87. The molecule has 0 heterocycles. The first kappa shape index (κ1) is 24.4. The number of fused-ring (bicyclic) bond motifs is 1. The van der Waals surface area contributed by atoms with Gasteiger partial charge in [-0.1, -0.05) is 113 Å². The third-order valence-electron chi connectivity index (χ3n) is 7.77. The summed E-state index contributed by atoms with van der Waals surface area (Å²) in [4.78, 5) is 0. The van der Waals surface area contributed by atoms with Gasteiger partial charge in [0, 0.05) is 12.2 Å². The van der Waals surface area contributed by atoms with Crippen LogP contribution in [0, 0.1) is 0 Å². The summed E-state index contributed by atoms with van der Waals surface area (Å²) in [5, 5.41) is 3.83. The summed E-state index contributed by atoms with van der Waals surface area (Å²) in [6, 6.07) is 33.8. The number of hydrogen-bond donors (Lipinski definition) is 1. The summed E-state index contributed by atoms with van der Waals surface area (Å²) in [5.74, 6) is 1.57. The lowest BCUT2D eigenvalue weighted by Gasteiger charge is -2.21. The normalized spacial score (nSPS) is 14.9. The summed E-state index contributed by atoms with van der Waals surface area (Å²) >= 11 is 0. The van der Waals surface area contributed by atoms with E-state index in [4.69, 9.17) is 0 Å². The Bertz CT molecular complexity index is 1290. The van der Waals surface area contributed by atoms with Crippen LogP contribution in [0.3, 0.4) is 0 Å². The maximum atomic E-state index is 3.83. The molecule has 5 rings (SSSR count). The van der Waals surface area contributed by atoms with Crippen LogP contribution in [0.25, 0.3) is 11.1 Å². The smallest absolute Gasteiger partial charge is 0.0413 e. The summed E-state index contributed by atoms with van der Waals surface area (Å²) < 4.78 is 0. The van der Waals surface area contributed by atoms with Gasteiger partial charge in [-0.3, -0.25) is 0 Å². The number of aryl methyl sites for hydroxylation is 1. The van der Waals surface area contributed by atoms with Gasteiger partial charge in [-0.2, -0.15) is 0 Å². The van der Waals surface area contributed by atoms with Crippen LogP contribution < -0.4 is 5.32 Å². The molecule has 1 heteroatoms. The molecular formula is C35H39N. The molecule has 4 aromatic rings. The maximum absolute atomic E-state index is 3.83. The highest BCUT2D eigenvalue weighted by molar-refractivity contribution is 5.71. The molecule has 1 atom stereocenters. The van der Waals surface area contributed by atoms with Crippen molar-refractivity contribution in [2.75, 3.05) is 5.32 Å². The van der Waals surface area contributed by atoms with Gasteiger partial charge in [0.25, 0.3) is 0 Å². The first-order chi connectivity index (χ1) is 17.5. The molecule has 1 aliphatic carbocycles. The molecule has 0 spiro atoms. The second-order valence-electron chi connectivity index (χ2n) is 11.0. The van der Waals surface area contributed by atoms with E-state index in [1.165, 1.54) is 57.5 Å². The minimum absolute atomic E-state index is 0.492. The van der Waals surface area contributed by atoms with E-state index >= 15 is 0 Å². The topological polar surface area (TPSA) is 12.0 Å². The Hall–Kier alpha value is -3.32. The molecule has 0 bridgehead atoms. The first-order valence-electron chi connectivity index (χ1n) is 13.6. The molecule has 1 nitrogen and oxygen atoms in total. The van der Waals surface area contributed by atoms with E-state index < -0.39 is 0 Å².